The van der Waals surface area contributed by atoms with Gasteiger partial charge in [-0.05, 0) is 46.2 Å². The minimum Gasteiger partial charge on any atom is -0.493 e. The van der Waals surface area contributed by atoms with Crippen LogP contribution in [0.5, 0.6) is 11.5 Å². The normalized spacial score (nSPS) is 12.7. The number of aromatic nitrogens is 2. The van der Waals surface area contributed by atoms with E-state index in [1.54, 1.807) is 36.9 Å². The predicted octanol–water partition coefficient (Wildman–Crippen LogP) is 8.84. The summed E-state index contributed by atoms with van der Waals surface area (Å²) in [4.78, 5) is 0. The summed E-state index contributed by atoms with van der Waals surface area (Å²) >= 11 is 3.55. The van der Waals surface area contributed by atoms with E-state index in [4.69, 9.17) is 9.47 Å². The molecule has 3 aromatic carbocycles. The molecular formula is C30H36N2O2S2. The molecule has 0 aliphatic rings. The van der Waals surface area contributed by atoms with Gasteiger partial charge in [-0.3, -0.25) is 0 Å². The molecule has 0 atom stereocenters. The van der Waals surface area contributed by atoms with Crippen molar-refractivity contribution >= 4 is 63.5 Å². The molecule has 2 aromatic heterocycles. The maximum Gasteiger partial charge on any atom is 0.163 e. The van der Waals surface area contributed by atoms with Crippen molar-refractivity contribution in [3.05, 3.63) is 47.5 Å². The molecule has 36 heavy (non-hydrogen) atoms. The molecule has 0 spiro atoms. The number of hydrogen-bond acceptors (Lipinski definition) is 4. The summed E-state index contributed by atoms with van der Waals surface area (Å²) in [6, 6.07) is 13.6. The molecule has 6 heteroatoms. The molecule has 190 valence electrons. The van der Waals surface area contributed by atoms with Crippen molar-refractivity contribution in [2.75, 3.05) is 14.2 Å². The van der Waals surface area contributed by atoms with Gasteiger partial charge in [-0.15, -0.1) is 22.7 Å². The zero-order valence-electron chi connectivity index (χ0n) is 23.0. The van der Waals surface area contributed by atoms with Crippen molar-refractivity contribution in [1.82, 2.24) is 9.13 Å². The Morgan fingerprint density at radius 3 is 1.28 bits per heavy atom. The van der Waals surface area contributed by atoms with Gasteiger partial charge in [0.2, 0.25) is 0 Å². The van der Waals surface area contributed by atoms with Crippen LogP contribution < -0.4 is 9.47 Å². The van der Waals surface area contributed by atoms with Crippen molar-refractivity contribution in [2.45, 2.75) is 52.4 Å². The summed E-state index contributed by atoms with van der Waals surface area (Å²) in [6.07, 6.45) is 0. The highest BCUT2D eigenvalue weighted by molar-refractivity contribution is 7.26. The Labute approximate surface area is 221 Å². The lowest BCUT2D eigenvalue weighted by Crippen LogP contribution is -2.11. The van der Waals surface area contributed by atoms with Crippen molar-refractivity contribution in [3.63, 3.8) is 0 Å². The van der Waals surface area contributed by atoms with Crippen LogP contribution in [0.1, 0.15) is 52.7 Å². The monoisotopic (exact) mass is 520 g/mol. The van der Waals surface area contributed by atoms with Gasteiger partial charge in [-0.25, -0.2) is 0 Å². The number of rotatable bonds is 2. The third-order valence-corrected chi connectivity index (χ3v) is 9.41. The lowest BCUT2D eigenvalue weighted by molar-refractivity contribution is 0.416. The van der Waals surface area contributed by atoms with E-state index in [-0.39, 0.29) is 10.8 Å². The van der Waals surface area contributed by atoms with Crippen molar-refractivity contribution in [1.29, 1.82) is 0 Å². The lowest BCUT2D eigenvalue weighted by atomic mass is 9.87. The number of hydrogen-bond donors (Lipinski definition) is 0. The van der Waals surface area contributed by atoms with E-state index in [2.05, 4.69) is 101 Å². The van der Waals surface area contributed by atoms with Crippen LogP contribution >= 0.6 is 22.7 Å². The highest BCUT2D eigenvalue weighted by Gasteiger charge is 2.24. The molecule has 0 saturated carbocycles. The molecule has 2 heterocycles. The molecule has 0 amide bonds. The van der Waals surface area contributed by atoms with Gasteiger partial charge < -0.3 is 18.6 Å². The van der Waals surface area contributed by atoms with E-state index in [9.17, 15) is 0 Å². The molecule has 0 saturated heterocycles. The van der Waals surface area contributed by atoms with Crippen LogP contribution in [0.25, 0.3) is 40.9 Å². The zero-order valence-corrected chi connectivity index (χ0v) is 24.6. The van der Waals surface area contributed by atoms with Crippen molar-refractivity contribution in [2.24, 2.45) is 14.1 Å². The largest absolute Gasteiger partial charge is 0.493 e. The van der Waals surface area contributed by atoms with Crippen LogP contribution in [0.4, 0.5) is 0 Å². The molecule has 5 aromatic rings. The van der Waals surface area contributed by atoms with E-state index >= 15 is 0 Å². The second kappa shape index (κ2) is 8.42. The number of methoxy groups -OCH3 is 2. The van der Waals surface area contributed by atoms with Gasteiger partial charge >= 0.3 is 0 Å². The Morgan fingerprint density at radius 1 is 0.611 bits per heavy atom. The van der Waals surface area contributed by atoms with Gasteiger partial charge in [-0.1, -0.05) is 53.7 Å². The molecular weight excluding hydrogens is 484 g/mol. The van der Waals surface area contributed by atoms with Crippen LogP contribution in [0.3, 0.4) is 0 Å². The van der Waals surface area contributed by atoms with Gasteiger partial charge in [0.1, 0.15) is 11.0 Å². The SMILES string of the molecule is COc1c2sc3cc(C(C)(C)C)ccc3n(C)c2c(OC)c2sc3cc(C(C)(C)C)ccc3n(C)c12. The Morgan fingerprint density at radius 2 is 0.972 bits per heavy atom. The standard InChI is InChI=1S/C30H36N2O2S2/c1-29(2,3)17-11-13-19-21(15-17)35-27-23(31(19)7)26(34-10)28-24(25(27)33-9)32(8)20-14-12-18(30(4,5)6)16-22(20)36-28/h11-16H,1-10H3. The summed E-state index contributed by atoms with van der Waals surface area (Å²) in [5, 5.41) is 0. The second-order valence-corrected chi connectivity index (χ2v) is 13.7. The first-order chi connectivity index (χ1) is 16.9. The summed E-state index contributed by atoms with van der Waals surface area (Å²) in [5.74, 6) is 1.79. The van der Waals surface area contributed by atoms with E-state index < -0.39 is 0 Å². The lowest BCUT2D eigenvalue weighted by Gasteiger charge is -2.23. The number of nitrogens with zero attached hydrogens (tertiary/aromatic N) is 2. The quantitative estimate of drug-likeness (QED) is 0.218. The van der Waals surface area contributed by atoms with Gasteiger partial charge in [0, 0.05) is 14.1 Å². The first-order valence-electron chi connectivity index (χ1n) is 12.3. The minimum atomic E-state index is 0.0819. The molecule has 0 N–H and O–H groups in total. The van der Waals surface area contributed by atoms with Crippen LogP contribution in [0.2, 0.25) is 0 Å². The molecule has 4 nitrogen and oxygen atoms in total. The average molecular weight is 521 g/mol. The summed E-state index contributed by atoms with van der Waals surface area (Å²) in [5.41, 5.74) is 7.31. The third-order valence-electron chi connectivity index (χ3n) is 7.15. The fraction of sp³-hybridized carbons (Fsp3) is 0.400. The topological polar surface area (TPSA) is 28.3 Å². The second-order valence-electron chi connectivity index (χ2n) is 11.6. The van der Waals surface area contributed by atoms with Gasteiger partial charge in [0.05, 0.1) is 44.1 Å². The number of ether oxygens (including phenoxy) is 2. The first-order valence-corrected chi connectivity index (χ1v) is 13.9. The maximum absolute atomic E-state index is 6.18. The van der Waals surface area contributed by atoms with Crippen LogP contribution in [0, 0.1) is 0 Å². The fourth-order valence-electron chi connectivity index (χ4n) is 4.95. The van der Waals surface area contributed by atoms with Crippen LogP contribution in [0.15, 0.2) is 36.4 Å². The Balaban J connectivity index is 1.99. The highest BCUT2D eigenvalue weighted by Crippen LogP contribution is 2.49. The van der Waals surface area contributed by atoms with E-state index in [0.717, 1.165) is 31.9 Å². The van der Waals surface area contributed by atoms with Gasteiger partial charge in [-0.2, -0.15) is 0 Å². The van der Waals surface area contributed by atoms with Crippen molar-refractivity contribution < 1.29 is 9.47 Å². The summed E-state index contributed by atoms with van der Waals surface area (Å²) < 4.78 is 21.5. The molecule has 0 fully saturated rings. The predicted molar refractivity (Wildman–Crippen MR) is 158 cm³/mol. The molecule has 0 radical (unpaired) electrons. The van der Waals surface area contributed by atoms with E-state index in [0.29, 0.717) is 0 Å². The average Bonchev–Trinajstić information content (AvgIpc) is 2.81. The van der Waals surface area contributed by atoms with E-state index in [1.165, 1.54) is 31.6 Å². The van der Waals surface area contributed by atoms with Crippen LogP contribution in [-0.2, 0) is 24.9 Å². The van der Waals surface area contributed by atoms with Gasteiger partial charge in [0.25, 0.3) is 0 Å². The van der Waals surface area contributed by atoms with Gasteiger partial charge in [0.15, 0.2) is 11.5 Å². The molecule has 0 aliphatic heterocycles. The van der Waals surface area contributed by atoms with Crippen LogP contribution in [-0.4, -0.2) is 23.4 Å². The Bertz CT molecular complexity index is 1570. The first kappa shape index (κ1) is 25.0. The number of fused-ring (bicyclic) bond motifs is 4. The van der Waals surface area contributed by atoms with Crippen molar-refractivity contribution in [3.8, 4) is 11.5 Å². The highest BCUT2D eigenvalue weighted by atomic mass is 32.1. The fourth-order valence-corrected chi connectivity index (χ4v) is 7.58. The summed E-state index contributed by atoms with van der Waals surface area (Å²) in [6.45, 7) is 13.6. The molecule has 0 aliphatic carbocycles. The third kappa shape index (κ3) is 3.77. The number of aryl methyl sites for hydroxylation is 2. The molecule has 5 rings (SSSR count). The Kier molecular flexibility index (Phi) is 5.84. The smallest absolute Gasteiger partial charge is 0.163 e. The Hall–Kier alpha value is -2.70. The molecule has 0 bridgehead atoms. The maximum atomic E-state index is 6.18. The minimum absolute atomic E-state index is 0.0819. The molecule has 0 unspecified atom stereocenters. The number of benzene rings is 3. The summed E-state index contributed by atoms with van der Waals surface area (Å²) in [7, 11) is 7.82. The van der Waals surface area contributed by atoms with E-state index in [1.807, 2.05) is 0 Å². The zero-order chi connectivity index (χ0) is 26.2.